The average molecular weight is 393 g/mol. The van der Waals surface area contributed by atoms with Gasteiger partial charge in [-0.25, -0.2) is 9.97 Å². The number of rotatable bonds is 10. The summed E-state index contributed by atoms with van der Waals surface area (Å²) >= 11 is 0. The lowest BCUT2D eigenvalue weighted by atomic mass is 9.78. The zero-order valence-electron chi connectivity index (χ0n) is 18.9. The number of aromatic nitrogens is 2. The van der Waals surface area contributed by atoms with Crippen LogP contribution in [-0.4, -0.2) is 9.97 Å². The van der Waals surface area contributed by atoms with Gasteiger partial charge in [-0.2, -0.15) is 0 Å². The minimum absolute atomic E-state index is 0.881. The molecule has 0 spiro atoms. The number of nitrogens with zero attached hydrogens (tertiary/aromatic N) is 2. The van der Waals surface area contributed by atoms with Gasteiger partial charge in [-0.05, 0) is 49.1 Å². The molecule has 0 radical (unpaired) electrons. The van der Waals surface area contributed by atoms with Gasteiger partial charge in [0.15, 0.2) is 0 Å². The minimum Gasteiger partial charge on any atom is -0.241 e. The van der Waals surface area contributed by atoms with E-state index in [0.29, 0.717) is 0 Å². The van der Waals surface area contributed by atoms with Crippen LogP contribution in [0.15, 0.2) is 30.5 Å². The first kappa shape index (κ1) is 22.0. The van der Waals surface area contributed by atoms with E-state index in [0.717, 1.165) is 29.8 Å². The Morgan fingerprint density at radius 3 is 2.14 bits per heavy atom. The van der Waals surface area contributed by atoms with Crippen LogP contribution in [0, 0.1) is 18.8 Å². The summed E-state index contributed by atoms with van der Waals surface area (Å²) in [6.45, 7) is 6.70. The Hall–Kier alpha value is -1.70. The van der Waals surface area contributed by atoms with E-state index in [1.54, 1.807) is 0 Å². The van der Waals surface area contributed by atoms with Gasteiger partial charge >= 0.3 is 0 Å². The molecule has 0 atom stereocenters. The predicted octanol–water partition coefficient (Wildman–Crippen LogP) is 7.72. The average Bonchev–Trinajstić information content (AvgIpc) is 2.74. The molecule has 0 unspecified atom stereocenters. The molecule has 1 aliphatic carbocycles. The summed E-state index contributed by atoms with van der Waals surface area (Å²) in [7, 11) is 0. The standard InChI is InChI=1S/C27H40N2/c1-4-6-7-9-23-14-17-25(18-15-23)26-20-28-27(29-21(26)3)19-16-24-12-10-22(8-5-2)11-13-24/h14-15,17-18,20,22,24H,4-13,16,19H2,1-3H3/t22-,24-. The molecular weight excluding hydrogens is 352 g/mol. The van der Waals surface area contributed by atoms with Gasteiger partial charge in [0, 0.05) is 23.9 Å². The van der Waals surface area contributed by atoms with Crippen molar-refractivity contribution in [1.29, 1.82) is 0 Å². The second kappa shape index (κ2) is 11.5. The summed E-state index contributed by atoms with van der Waals surface area (Å²) in [5, 5.41) is 0. The molecule has 1 saturated carbocycles. The van der Waals surface area contributed by atoms with Gasteiger partial charge in [0.1, 0.15) is 5.82 Å². The minimum atomic E-state index is 0.881. The van der Waals surface area contributed by atoms with Gasteiger partial charge < -0.3 is 0 Å². The van der Waals surface area contributed by atoms with Crippen LogP contribution in [0.2, 0.25) is 0 Å². The fraction of sp³-hybridized carbons (Fsp3) is 0.630. The molecule has 1 aromatic carbocycles. The maximum atomic E-state index is 4.85. The third-order valence-electron chi connectivity index (χ3n) is 6.80. The maximum Gasteiger partial charge on any atom is 0.128 e. The molecule has 0 N–H and O–H groups in total. The largest absolute Gasteiger partial charge is 0.241 e. The van der Waals surface area contributed by atoms with E-state index in [9.17, 15) is 0 Å². The number of hydrogen-bond donors (Lipinski definition) is 0. The molecule has 0 saturated heterocycles. The number of benzene rings is 1. The number of hydrogen-bond acceptors (Lipinski definition) is 2. The molecule has 0 amide bonds. The zero-order valence-corrected chi connectivity index (χ0v) is 18.9. The molecular formula is C27H40N2. The van der Waals surface area contributed by atoms with E-state index in [1.165, 1.54) is 87.3 Å². The van der Waals surface area contributed by atoms with Crippen LogP contribution in [0.5, 0.6) is 0 Å². The molecule has 1 heterocycles. The first-order valence-corrected chi connectivity index (χ1v) is 12.1. The van der Waals surface area contributed by atoms with Gasteiger partial charge in [-0.3, -0.25) is 0 Å². The Labute approximate surface area is 178 Å². The van der Waals surface area contributed by atoms with Crippen LogP contribution >= 0.6 is 0 Å². The van der Waals surface area contributed by atoms with Crippen molar-refractivity contribution in [2.45, 2.75) is 97.8 Å². The third kappa shape index (κ3) is 6.66. The van der Waals surface area contributed by atoms with Gasteiger partial charge in [0.25, 0.3) is 0 Å². The molecule has 2 aromatic rings. The van der Waals surface area contributed by atoms with Crippen molar-refractivity contribution < 1.29 is 0 Å². The summed E-state index contributed by atoms with van der Waals surface area (Å²) in [5.74, 6) is 2.90. The van der Waals surface area contributed by atoms with Crippen molar-refractivity contribution in [1.82, 2.24) is 9.97 Å². The van der Waals surface area contributed by atoms with Crippen LogP contribution in [0.1, 0.15) is 95.1 Å². The van der Waals surface area contributed by atoms with Crippen molar-refractivity contribution in [3.63, 3.8) is 0 Å². The summed E-state index contributed by atoms with van der Waals surface area (Å²) in [6, 6.07) is 9.02. The Morgan fingerprint density at radius 2 is 1.52 bits per heavy atom. The fourth-order valence-electron chi connectivity index (χ4n) is 4.90. The highest BCUT2D eigenvalue weighted by molar-refractivity contribution is 5.65. The van der Waals surface area contributed by atoms with E-state index >= 15 is 0 Å². The fourth-order valence-corrected chi connectivity index (χ4v) is 4.90. The van der Waals surface area contributed by atoms with Crippen molar-refractivity contribution in [2.75, 3.05) is 0 Å². The van der Waals surface area contributed by atoms with E-state index in [1.807, 2.05) is 6.20 Å². The monoisotopic (exact) mass is 392 g/mol. The van der Waals surface area contributed by atoms with Gasteiger partial charge in [-0.1, -0.05) is 89.5 Å². The quantitative estimate of drug-likeness (QED) is 0.387. The number of unbranched alkanes of at least 4 members (excludes halogenated alkanes) is 2. The van der Waals surface area contributed by atoms with Crippen molar-refractivity contribution in [3.05, 3.63) is 47.5 Å². The summed E-state index contributed by atoms with van der Waals surface area (Å²) in [6.07, 6.45) is 17.8. The normalized spacial score (nSPS) is 19.4. The van der Waals surface area contributed by atoms with Gasteiger partial charge in [-0.15, -0.1) is 0 Å². The lowest BCUT2D eigenvalue weighted by Crippen LogP contribution is -2.15. The van der Waals surface area contributed by atoms with Crippen molar-refractivity contribution in [3.8, 4) is 11.1 Å². The van der Waals surface area contributed by atoms with E-state index in [2.05, 4.69) is 45.0 Å². The molecule has 1 fully saturated rings. The Balaban J connectivity index is 1.52. The molecule has 2 heteroatoms. The number of aryl methyl sites for hydroxylation is 3. The van der Waals surface area contributed by atoms with Crippen LogP contribution < -0.4 is 0 Å². The lowest BCUT2D eigenvalue weighted by Gasteiger charge is -2.28. The van der Waals surface area contributed by atoms with Gasteiger partial charge in [0.2, 0.25) is 0 Å². The third-order valence-corrected chi connectivity index (χ3v) is 6.80. The molecule has 29 heavy (non-hydrogen) atoms. The molecule has 0 aliphatic heterocycles. The van der Waals surface area contributed by atoms with E-state index in [-0.39, 0.29) is 0 Å². The molecule has 158 valence electrons. The highest BCUT2D eigenvalue weighted by Gasteiger charge is 2.20. The SMILES string of the molecule is CCCCCc1ccc(-c2cnc(CC[C@H]3CC[C@H](CCC)CC3)nc2C)cc1. The molecule has 0 bridgehead atoms. The maximum absolute atomic E-state index is 4.85. The summed E-state index contributed by atoms with van der Waals surface area (Å²) < 4.78 is 0. The smallest absolute Gasteiger partial charge is 0.128 e. The van der Waals surface area contributed by atoms with Crippen LogP contribution in [0.3, 0.4) is 0 Å². The Morgan fingerprint density at radius 1 is 0.828 bits per heavy atom. The Kier molecular flexibility index (Phi) is 8.70. The van der Waals surface area contributed by atoms with Crippen molar-refractivity contribution >= 4 is 0 Å². The van der Waals surface area contributed by atoms with Gasteiger partial charge in [0.05, 0.1) is 0 Å². The van der Waals surface area contributed by atoms with Crippen molar-refractivity contribution in [2.24, 2.45) is 11.8 Å². The predicted molar refractivity (Wildman–Crippen MR) is 124 cm³/mol. The molecule has 2 nitrogen and oxygen atoms in total. The van der Waals surface area contributed by atoms with E-state index < -0.39 is 0 Å². The molecule has 1 aromatic heterocycles. The first-order chi connectivity index (χ1) is 14.2. The second-order valence-electron chi connectivity index (χ2n) is 9.15. The Bertz CT molecular complexity index is 727. The van der Waals surface area contributed by atoms with Crippen LogP contribution in [-0.2, 0) is 12.8 Å². The summed E-state index contributed by atoms with van der Waals surface area (Å²) in [4.78, 5) is 9.57. The van der Waals surface area contributed by atoms with E-state index in [4.69, 9.17) is 9.97 Å². The van der Waals surface area contributed by atoms with Crippen LogP contribution in [0.4, 0.5) is 0 Å². The lowest BCUT2D eigenvalue weighted by molar-refractivity contribution is 0.251. The molecule has 3 rings (SSSR count). The second-order valence-corrected chi connectivity index (χ2v) is 9.15. The molecule has 1 aliphatic rings. The zero-order chi connectivity index (χ0) is 20.5. The summed E-state index contributed by atoms with van der Waals surface area (Å²) in [5.41, 5.74) is 4.96. The highest BCUT2D eigenvalue weighted by Crippen LogP contribution is 2.33. The topological polar surface area (TPSA) is 25.8 Å². The van der Waals surface area contributed by atoms with Crippen LogP contribution in [0.25, 0.3) is 11.1 Å². The first-order valence-electron chi connectivity index (χ1n) is 12.1. The highest BCUT2D eigenvalue weighted by atomic mass is 14.9.